The number of amides is 1. The molecule has 6 rings (SSSR count). The van der Waals surface area contributed by atoms with Crippen LogP contribution in [0.4, 0.5) is 5.82 Å². The number of hydrogen-bond donors (Lipinski definition) is 3. The number of carbonyl (C=O) groups is 1. The molecular weight excluding hydrogens is 1030 g/mol. The number of rotatable bonds is 29. The van der Waals surface area contributed by atoms with Crippen LogP contribution < -0.4 is 37.0 Å². The summed E-state index contributed by atoms with van der Waals surface area (Å²) in [6.45, 7) is 9.83. The number of nitrogens with zero attached hydrogens (tertiary/aromatic N) is 5. The van der Waals surface area contributed by atoms with Crippen LogP contribution >= 0.6 is 24.5 Å². The van der Waals surface area contributed by atoms with Gasteiger partial charge >= 0.3 is 11.4 Å². The summed E-state index contributed by atoms with van der Waals surface area (Å²) >= 11 is 3.04. The number of H-pyrrole nitrogens is 1. The molecular formula is C51H64BrN8O12P. The van der Waals surface area contributed by atoms with Gasteiger partial charge in [-0.05, 0) is 90.6 Å². The summed E-state index contributed by atoms with van der Waals surface area (Å²) in [5.41, 5.74) is -0.434. The molecule has 0 bridgehead atoms. The standard InChI is InChI=1S/C51H64BrN8O12P/c1-35(2)60(36(3)4)73(70-26-10-22-53)72-43-31-47(59-25-21-45(56-50(59)64)54-23-27-67-29-30-68-28-24-55-46(61)33-58-32-42(52)48(62)57-49(58)63)71-44(43)34-69-51(37-11-8-7-9-12-37,38-13-17-40(65-5)18-14-38)39-15-19-41(66-6)20-16-39/h7-9,11-21,25,32,35-36,43-44,47H,10,23-24,26-31,33-34H2,1-6H3,(H,55,61)(H,54,56,64)(H,57,62,63)/t43-,44+,47+,73?/m0/s1. The van der Waals surface area contributed by atoms with E-state index in [4.69, 9.17) is 37.5 Å². The molecule has 3 aromatic carbocycles. The Morgan fingerprint density at radius 2 is 1.51 bits per heavy atom. The van der Waals surface area contributed by atoms with Gasteiger partial charge in [-0.3, -0.25) is 23.7 Å². The number of carbonyl (C=O) groups excluding carboxylic acids is 1. The van der Waals surface area contributed by atoms with Crippen LogP contribution in [0.1, 0.15) is 63.5 Å². The fourth-order valence-electron chi connectivity index (χ4n) is 8.20. The second-order valence-electron chi connectivity index (χ2n) is 17.2. The molecule has 73 heavy (non-hydrogen) atoms. The molecule has 1 saturated heterocycles. The third kappa shape index (κ3) is 15.4. The topological polar surface area (TPSA) is 232 Å². The van der Waals surface area contributed by atoms with Crippen LogP contribution in [0.15, 0.2) is 116 Å². The molecule has 3 N–H and O–H groups in total. The molecule has 22 heteroatoms. The first-order valence-electron chi connectivity index (χ1n) is 23.9. The number of nitrogens with one attached hydrogen (secondary N) is 3. The van der Waals surface area contributed by atoms with E-state index in [0.29, 0.717) is 30.5 Å². The van der Waals surface area contributed by atoms with E-state index < -0.39 is 55.4 Å². The van der Waals surface area contributed by atoms with Gasteiger partial charge in [-0.1, -0.05) is 54.6 Å². The van der Waals surface area contributed by atoms with Crippen LogP contribution in [-0.4, -0.2) is 121 Å². The third-order valence-corrected chi connectivity index (χ3v) is 14.3. The van der Waals surface area contributed by atoms with Gasteiger partial charge in [-0.25, -0.2) is 14.3 Å². The molecule has 0 aliphatic carbocycles. The van der Waals surface area contributed by atoms with Gasteiger partial charge in [0, 0.05) is 44.0 Å². The van der Waals surface area contributed by atoms with Gasteiger partial charge < -0.3 is 48.1 Å². The molecule has 1 fully saturated rings. The Bertz CT molecular complexity index is 2680. The lowest BCUT2D eigenvalue weighted by atomic mass is 9.80. The summed E-state index contributed by atoms with van der Waals surface area (Å²) in [6, 6.07) is 29.4. The summed E-state index contributed by atoms with van der Waals surface area (Å²) in [5.74, 6) is 1.31. The van der Waals surface area contributed by atoms with Crippen molar-refractivity contribution in [3.63, 3.8) is 0 Å². The zero-order valence-electron chi connectivity index (χ0n) is 41.9. The smallest absolute Gasteiger partial charge is 0.351 e. The number of nitriles is 1. The van der Waals surface area contributed by atoms with Crippen LogP contribution in [-0.2, 0) is 44.9 Å². The zero-order chi connectivity index (χ0) is 52.3. The van der Waals surface area contributed by atoms with Crippen molar-refractivity contribution in [2.45, 2.75) is 83.2 Å². The number of benzene rings is 3. The molecule has 1 unspecified atom stereocenters. The third-order valence-electron chi connectivity index (χ3n) is 11.6. The maximum Gasteiger partial charge on any atom is 0.351 e. The quantitative estimate of drug-likeness (QED) is 0.0279. The van der Waals surface area contributed by atoms with Crippen molar-refractivity contribution in [2.75, 3.05) is 72.3 Å². The Morgan fingerprint density at radius 1 is 0.890 bits per heavy atom. The average Bonchev–Trinajstić information content (AvgIpc) is 3.78. The normalized spacial score (nSPS) is 16.2. The molecule has 4 atom stereocenters. The summed E-state index contributed by atoms with van der Waals surface area (Å²) in [5, 5.41) is 15.2. The van der Waals surface area contributed by atoms with Crippen molar-refractivity contribution in [2.24, 2.45) is 0 Å². The van der Waals surface area contributed by atoms with Crippen LogP contribution in [0.3, 0.4) is 0 Å². The number of halogens is 1. The summed E-state index contributed by atoms with van der Waals surface area (Å²) in [7, 11) is 1.53. The van der Waals surface area contributed by atoms with Crippen molar-refractivity contribution >= 4 is 36.2 Å². The van der Waals surface area contributed by atoms with E-state index in [2.05, 4.69) is 75.0 Å². The molecule has 5 aromatic rings. The lowest BCUT2D eigenvalue weighted by Crippen LogP contribution is -2.39. The van der Waals surface area contributed by atoms with Gasteiger partial charge in [0.1, 0.15) is 41.8 Å². The highest BCUT2D eigenvalue weighted by Crippen LogP contribution is 2.50. The summed E-state index contributed by atoms with van der Waals surface area (Å²) < 4.78 is 54.6. The van der Waals surface area contributed by atoms with Crippen molar-refractivity contribution in [1.82, 2.24) is 29.1 Å². The maximum absolute atomic E-state index is 13.8. The Morgan fingerprint density at radius 3 is 2.10 bits per heavy atom. The maximum atomic E-state index is 13.8. The Balaban J connectivity index is 1.14. The first-order chi connectivity index (χ1) is 35.3. The molecule has 392 valence electrons. The SMILES string of the molecule is COc1ccc(C(OC[C@H]2O[C@@H](n3ccc(NCCOCCOCCNC(=O)Cn4cc(Br)c(=O)[nH]c4=O)nc3=O)C[C@@H]2OP(OCCC#N)N(C(C)C)C(C)C)(c2ccccc2)c2ccc(OC)cc2)cc1. The molecule has 0 spiro atoms. The van der Waals surface area contributed by atoms with Crippen molar-refractivity contribution in [3.8, 4) is 17.6 Å². The van der Waals surface area contributed by atoms with Crippen molar-refractivity contribution in [3.05, 3.63) is 150 Å². The number of aromatic nitrogens is 4. The monoisotopic (exact) mass is 1090 g/mol. The first kappa shape index (κ1) is 56.5. The fourth-order valence-corrected chi connectivity index (χ4v) is 10.3. The van der Waals surface area contributed by atoms with Crippen LogP contribution in [0.25, 0.3) is 0 Å². The molecule has 0 radical (unpaired) electrons. The predicted molar refractivity (Wildman–Crippen MR) is 278 cm³/mol. The highest BCUT2D eigenvalue weighted by Gasteiger charge is 2.45. The lowest BCUT2D eigenvalue weighted by molar-refractivity contribution is -0.122. The fraction of sp³-hybridized carbons (Fsp3) is 0.451. The predicted octanol–water partition coefficient (Wildman–Crippen LogP) is 6.09. The molecule has 1 amide bonds. The average molecular weight is 1090 g/mol. The van der Waals surface area contributed by atoms with Gasteiger partial charge in [0.05, 0.1) is 76.9 Å². The second-order valence-corrected chi connectivity index (χ2v) is 19.5. The Hall–Kier alpha value is -5.79. The Labute approximate surface area is 433 Å². The molecule has 1 aliphatic heterocycles. The lowest BCUT2D eigenvalue weighted by Gasteiger charge is -2.39. The van der Waals surface area contributed by atoms with E-state index in [0.717, 1.165) is 21.3 Å². The molecule has 20 nitrogen and oxygen atoms in total. The van der Waals surface area contributed by atoms with E-state index >= 15 is 0 Å². The minimum atomic E-state index is -1.71. The number of ether oxygens (including phenoxy) is 6. The second kappa shape index (κ2) is 28.0. The molecule has 2 aromatic heterocycles. The highest BCUT2D eigenvalue weighted by atomic mass is 79.9. The summed E-state index contributed by atoms with van der Waals surface area (Å²) in [4.78, 5) is 55.9. The first-order valence-corrected chi connectivity index (χ1v) is 25.8. The van der Waals surface area contributed by atoms with Gasteiger partial charge in [0.15, 0.2) is 0 Å². The van der Waals surface area contributed by atoms with Gasteiger partial charge in [0.2, 0.25) is 5.91 Å². The number of anilines is 1. The largest absolute Gasteiger partial charge is 0.497 e. The van der Waals surface area contributed by atoms with Gasteiger partial charge in [-0.2, -0.15) is 10.2 Å². The van der Waals surface area contributed by atoms with Crippen molar-refractivity contribution in [1.29, 1.82) is 5.26 Å². The molecule has 0 saturated carbocycles. The minimum Gasteiger partial charge on any atom is -0.497 e. The van der Waals surface area contributed by atoms with E-state index in [1.807, 2.05) is 78.9 Å². The van der Waals surface area contributed by atoms with Gasteiger partial charge in [-0.15, -0.1) is 0 Å². The number of aromatic amines is 1. The van der Waals surface area contributed by atoms with Gasteiger partial charge in [0.25, 0.3) is 14.1 Å². The van der Waals surface area contributed by atoms with Crippen molar-refractivity contribution < 1.29 is 42.3 Å². The number of methoxy groups -OCH3 is 2. The van der Waals surface area contributed by atoms with E-state index in [-0.39, 0.29) is 75.5 Å². The summed E-state index contributed by atoms with van der Waals surface area (Å²) in [6.07, 6.45) is 1.19. The molecule has 3 heterocycles. The van der Waals surface area contributed by atoms with E-state index in [9.17, 15) is 24.4 Å². The van der Waals surface area contributed by atoms with E-state index in [1.54, 1.807) is 26.5 Å². The van der Waals surface area contributed by atoms with Crippen LogP contribution in [0.2, 0.25) is 0 Å². The van der Waals surface area contributed by atoms with E-state index in [1.165, 1.54) is 10.8 Å². The Kier molecular flexibility index (Phi) is 21.7. The highest BCUT2D eigenvalue weighted by molar-refractivity contribution is 9.10. The van der Waals surface area contributed by atoms with Crippen LogP contribution in [0, 0.1) is 11.3 Å². The molecule has 1 aliphatic rings. The zero-order valence-corrected chi connectivity index (χ0v) is 44.3. The minimum absolute atomic E-state index is 0.0175. The van der Waals surface area contributed by atoms with Crippen LogP contribution in [0.5, 0.6) is 11.5 Å². The number of hydrogen-bond acceptors (Lipinski definition) is 16.